The zero-order chi connectivity index (χ0) is 16.1. The summed E-state index contributed by atoms with van der Waals surface area (Å²) >= 11 is 5.80. The molecule has 2 aromatic rings. The average Bonchev–Trinajstić information content (AvgIpc) is 2.50. The molecule has 1 heterocycles. The summed E-state index contributed by atoms with van der Waals surface area (Å²) in [4.78, 5) is 23.5. The highest BCUT2D eigenvalue weighted by Gasteiger charge is 2.09. The van der Waals surface area contributed by atoms with E-state index in [-0.39, 0.29) is 23.7 Å². The highest BCUT2D eigenvalue weighted by molar-refractivity contribution is 6.30. The Morgan fingerprint density at radius 3 is 2.64 bits per heavy atom. The Hall–Kier alpha value is -2.27. The molecular weight excluding hydrogens is 304 g/mol. The molecule has 0 bridgehead atoms. The van der Waals surface area contributed by atoms with Crippen LogP contribution in [0, 0.1) is 6.92 Å². The van der Waals surface area contributed by atoms with Crippen LogP contribution in [0.15, 0.2) is 41.3 Å². The van der Waals surface area contributed by atoms with Crippen LogP contribution in [0.1, 0.15) is 11.3 Å². The molecule has 0 aliphatic heterocycles. The molecule has 0 atom stereocenters. The first-order chi connectivity index (χ1) is 10.5. The number of ether oxygens (including phenoxy) is 1. The molecule has 0 radical (unpaired) electrons. The summed E-state index contributed by atoms with van der Waals surface area (Å²) < 4.78 is 7.12. The summed E-state index contributed by atoms with van der Waals surface area (Å²) in [5, 5.41) is 3.37. The Morgan fingerprint density at radius 2 is 1.95 bits per heavy atom. The third-order valence-electron chi connectivity index (χ3n) is 3.28. The first-order valence-electron chi connectivity index (χ1n) is 6.77. The summed E-state index contributed by atoms with van der Waals surface area (Å²) in [6, 6.07) is 8.60. The summed E-state index contributed by atoms with van der Waals surface area (Å²) in [7, 11) is 1.81. The van der Waals surface area contributed by atoms with E-state index in [1.165, 1.54) is 6.07 Å². The van der Waals surface area contributed by atoms with Crippen molar-refractivity contribution in [3.8, 4) is 5.75 Å². The molecule has 1 aromatic heterocycles. The predicted octanol–water partition coefficient (Wildman–Crippen LogP) is 2.04. The van der Waals surface area contributed by atoms with Gasteiger partial charge >= 0.3 is 0 Å². The van der Waals surface area contributed by atoms with Crippen LogP contribution in [0.4, 0.5) is 0 Å². The number of nitrogens with zero attached hydrogens (tertiary/aromatic N) is 1. The van der Waals surface area contributed by atoms with Gasteiger partial charge in [-0.3, -0.25) is 9.59 Å². The fourth-order valence-corrected chi connectivity index (χ4v) is 2.00. The molecule has 0 aliphatic rings. The SMILES string of the molecule is Cc1c(OCC(=O)NCc2ccc(Cl)cc2)c(=O)ccn1C. The lowest BCUT2D eigenvalue weighted by Crippen LogP contribution is -2.29. The Morgan fingerprint density at radius 1 is 1.27 bits per heavy atom. The summed E-state index contributed by atoms with van der Waals surface area (Å²) in [6.45, 7) is 1.95. The molecule has 0 aliphatic carbocycles. The maximum absolute atomic E-state index is 11.8. The maximum Gasteiger partial charge on any atom is 0.258 e. The predicted molar refractivity (Wildman–Crippen MR) is 85.2 cm³/mol. The number of aromatic nitrogens is 1. The van der Waals surface area contributed by atoms with Crippen molar-refractivity contribution in [1.29, 1.82) is 0 Å². The van der Waals surface area contributed by atoms with Gasteiger partial charge in [-0.2, -0.15) is 0 Å². The number of benzene rings is 1. The molecule has 0 saturated carbocycles. The van der Waals surface area contributed by atoms with Crippen LogP contribution in [-0.2, 0) is 18.4 Å². The van der Waals surface area contributed by atoms with E-state index < -0.39 is 0 Å². The highest BCUT2D eigenvalue weighted by Crippen LogP contribution is 2.10. The molecular formula is C16H17ClN2O3. The van der Waals surface area contributed by atoms with E-state index in [2.05, 4.69) is 5.32 Å². The zero-order valence-corrected chi connectivity index (χ0v) is 13.2. The zero-order valence-electron chi connectivity index (χ0n) is 12.4. The van der Waals surface area contributed by atoms with Crippen molar-refractivity contribution in [3.63, 3.8) is 0 Å². The van der Waals surface area contributed by atoms with Crippen molar-refractivity contribution >= 4 is 17.5 Å². The number of nitrogens with one attached hydrogen (secondary N) is 1. The van der Waals surface area contributed by atoms with Crippen LogP contribution in [0.3, 0.4) is 0 Å². The highest BCUT2D eigenvalue weighted by atomic mass is 35.5. The number of hydrogen-bond acceptors (Lipinski definition) is 3. The van der Waals surface area contributed by atoms with Crippen molar-refractivity contribution < 1.29 is 9.53 Å². The lowest BCUT2D eigenvalue weighted by molar-refractivity contribution is -0.123. The van der Waals surface area contributed by atoms with E-state index in [0.29, 0.717) is 17.3 Å². The van der Waals surface area contributed by atoms with Gasteiger partial charge in [0, 0.05) is 30.9 Å². The molecule has 2 rings (SSSR count). The topological polar surface area (TPSA) is 60.3 Å². The number of hydrogen-bond donors (Lipinski definition) is 1. The van der Waals surface area contributed by atoms with Crippen LogP contribution in [-0.4, -0.2) is 17.1 Å². The Kier molecular flexibility index (Phi) is 5.22. The maximum atomic E-state index is 11.8. The average molecular weight is 321 g/mol. The number of rotatable bonds is 5. The van der Waals surface area contributed by atoms with Gasteiger partial charge < -0.3 is 14.6 Å². The van der Waals surface area contributed by atoms with Crippen LogP contribution in [0.5, 0.6) is 5.75 Å². The minimum atomic E-state index is -0.291. The lowest BCUT2D eigenvalue weighted by Gasteiger charge is -2.11. The third-order valence-corrected chi connectivity index (χ3v) is 3.53. The largest absolute Gasteiger partial charge is 0.478 e. The Balaban J connectivity index is 1.89. The second kappa shape index (κ2) is 7.13. The van der Waals surface area contributed by atoms with E-state index in [1.54, 1.807) is 29.8 Å². The van der Waals surface area contributed by atoms with Crippen LogP contribution in [0.25, 0.3) is 0 Å². The van der Waals surface area contributed by atoms with Crippen LogP contribution in [0.2, 0.25) is 5.02 Å². The second-order valence-electron chi connectivity index (χ2n) is 4.90. The number of carbonyl (C=O) groups excluding carboxylic acids is 1. The van der Waals surface area contributed by atoms with Gasteiger partial charge in [-0.25, -0.2) is 0 Å². The molecule has 0 spiro atoms. The smallest absolute Gasteiger partial charge is 0.258 e. The van der Waals surface area contributed by atoms with E-state index in [9.17, 15) is 9.59 Å². The van der Waals surface area contributed by atoms with Crippen LogP contribution >= 0.6 is 11.6 Å². The Bertz CT molecular complexity index is 723. The van der Waals surface area contributed by atoms with Crippen molar-refractivity contribution in [2.24, 2.45) is 7.05 Å². The molecule has 0 unspecified atom stereocenters. The molecule has 0 saturated heterocycles. The monoisotopic (exact) mass is 320 g/mol. The number of aryl methyl sites for hydroxylation is 1. The normalized spacial score (nSPS) is 10.3. The van der Waals surface area contributed by atoms with Crippen molar-refractivity contribution in [2.75, 3.05) is 6.61 Å². The van der Waals surface area contributed by atoms with Gasteiger partial charge in [0.15, 0.2) is 12.4 Å². The van der Waals surface area contributed by atoms with Crippen LogP contribution < -0.4 is 15.5 Å². The van der Waals surface area contributed by atoms with Gasteiger partial charge in [0.1, 0.15) is 0 Å². The summed E-state index contributed by atoms with van der Waals surface area (Å²) in [5.41, 5.74) is 1.38. The van der Waals surface area contributed by atoms with E-state index in [4.69, 9.17) is 16.3 Å². The molecule has 6 heteroatoms. The molecule has 0 fully saturated rings. The molecule has 1 N–H and O–H groups in total. The van der Waals surface area contributed by atoms with Gasteiger partial charge in [-0.05, 0) is 24.6 Å². The van der Waals surface area contributed by atoms with Gasteiger partial charge in [-0.15, -0.1) is 0 Å². The first-order valence-corrected chi connectivity index (χ1v) is 7.15. The number of carbonyl (C=O) groups is 1. The lowest BCUT2D eigenvalue weighted by atomic mass is 10.2. The molecule has 5 nitrogen and oxygen atoms in total. The molecule has 1 amide bonds. The van der Waals surface area contributed by atoms with Gasteiger partial charge in [0.25, 0.3) is 5.91 Å². The quantitative estimate of drug-likeness (QED) is 0.917. The van der Waals surface area contributed by atoms with E-state index >= 15 is 0 Å². The summed E-state index contributed by atoms with van der Waals surface area (Å²) in [6.07, 6.45) is 1.66. The Labute approximate surface area is 133 Å². The minimum Gasteiger partial charge on any atom is -0.478 e. The second-order valence-corrected chi connectivity index (χ2v) is 5.33. The van der Waals surface area contributed by atoms with Gasteiger partial charge in [0.05, 0.1) is 5.69 Å². The van der Waals surface area contributed by atoms with Crippen molar-refractivity contribution in [2.45, 2.75) is 13.5 Å². The van der Waals surface area contributed by atoms with Crippen molar-refractivity contribution in [1.82, 2.24) is 9.88 Å². The number of halogens is 1. The fraction of sp³-hybridized carbons (Fsp3) is 0.250. The van der Waals surface area contributed by atoms with Gasteiger partial charge in [-0.1, -0.05) is 23.7 Å². The molecule has 116 valence electrons. The van der Waals surface area contributed by atoms with Gasteiger partial charge in [0.2, 0.25) is 5.43 Å². The standard InChI is InChI=1S/C16H17ClN2O3/c1-11-16(14(20)7-8-19(11)2)22-10-15(21)18-9-12-3-5-13(17)6-4-12/h3-8H,9-10H2,1-2H3,(H,18,21). The van der Waals surface area contributed by atoms with E-state index in [0.717, 1.165) is 5.56 Å². The van der Waals surface area contributed by atoms with Crippen molar-refractivity contribution in [3.05, 3.63) is 63.0 Å². The van der Waals surface area contributed by atoms with E-state index in [1.807, 2.05) is 19.2 Å². The first kappa shape index (κ1) is 16.1. The number of amides is 1. The molecule has 22 heavy (non-hydrogen) atoms. The fourth-order valence-electron chi connectivity index (χ4n) is 1.87. The number of pyridine rings is 1. The summed E-state index contributed by atoms with van der Waals surface area (Å²) in [5.74, 6) is -0.0908. The third kappa shape index (κ3) is 4.11. The minimum absolute atomic E-state index is 0.201. The molecule has 1 aromatic carbocycles.